The van der Waals surface area contributed by atoms with Gasteiger partial charge in [0, 0.05) is 13.1 Å². The number of halogens is 1. The van der Waals surface area contributed by atoms with Crippen LogP contribution in [-0.4, -0.2) is 61.9 Å². The Labute approximate surface area is 159 Å². The van der Waals surface area contributed by atoms with Crippen molar-refractivity contribution < 1.29 is 19.3 Å². The van der Waals surface area contributed by atoms with Crippen molar-refractivity contribution in [2.75, 3.05) is 38.5 Å². The highest BCUT2D eigenvalue weighted by atomic mass is 35.5. The van der Waals surface area contributed by atoms with Crippen molar-refractivity contribution in [3.63, 3.8) is 0 Å². The summed E-state index contributed by atoms with van der Waals surface area (Å²) in [6, 6.07) is 6.97. The Morgan fingerprint density at radius 2 is 1.81 bits per heavy atom. The Hall–Kier alpha value is -2.12. The second kappa shape index (κ2) is 10.8. The first kappa shape index (κ1) is 21.9. The van der Waals surface area contributed by atoms with Crippen molar-refractivity contribution in [3.05, 3.63) is 29.3 Å². The molecule has 1 rings (SSSR count). The van der Waals surface area contributed by atoms with E-state index >= 15 is 0 Å². The van der Waals surface area contributed by atoms with Crippen LogP contribution in [0.15, 0.2) is 24.3 Å². The fourth-order valence-corrected chi connectivity index (χ4v) is 2.50. The molecule has 1 aromatic rings. The van der Waals surface area contributed by atoms with Crippen molar-refractivity contribution in [1.29, 1.82) is 0 Å². The van der Waals surface area contributed by atoms with Crippen LogP contribution in [0, 0.1) is 0 Å². The number of likely N-dealkylation sites (N-methyl/N-ethyl adjacent to an activating group) is 2. The highest BCUT2D eigenvalue weighted by Gasteiger charge is 2.21. The monoisotopic (exact) mass is 383 g/mol. The van der Waals surface area contributed by atoms with Gasteiger partial charge in [-0.1, -0.05) is 23.7 Å². The minimum absolute atomic E-state index is 0.0625. The molecule has 0 radical (unpaired) electrons. The van der Waals surface area contributed by atoms with Crippen molar-refractivity contribution in [3.8, 4) is 0 Å². The molecule has 0 fully saturated rings. The van der Waals surface area contributed by atoms with Crippen molar-refractivity contribution in [1.82, 2.24) is 10.2 Å². The quantitative estimate of drug-likeness (QED) is 0.568. The van der Waals surface area contributed by atoms with Gasteiger partial charge in [-0.15, -0.1) is 0 Å². The first-order valence-corrected chi connectivity index (χ1v) is 9.02. The SMILES string of the molecule is CC[NH+](CC(=O)NC(C)C)CC(=O)N(C)CC(=O)Nc1ccccc1Cl. The summed E-state index contributed by atoms with van der Waals surface area (Å²) >= 11 is 6.00. The Morgan fingerprint density at radius 1 is 1.15 bits per heavy atom. The van der Waals surface area contributed by atoms with Crippen LogP contribution in [0.2, 0.25) is 5.02 Å². The number of amides is 3. The van der Waals surface area contributed by atoms with Crippen LogP contribution in [0.25, 0.3) is 0 Å². The number of carbonyl (C=O) groups is 3. The third kappa shape index (κ3) is 7.84. The molecule has 0 aromatic heterocycles. The van der Waals surface area contributed by atoms with E-state index in [0.717, 1.165) is 4.90 Å². The standard InChI is InChI=1S/C18H27ClN4O3/c1-5-23(11-17(25)20-13(2)3)12-18(26)22(4)10-16(24)21-15-9-7-6-8-14(15)19/h6-9,13H,5,10-12H2,1-4H3,(H,20,25)(H,21,24)/p+1. The number of hydrogen-bond acceptors (Lipinski definition) is 3. The lowest BCUT2D eigenvalue weighted by Gasteiger charge is -2.21. The van der Waals surface area contributed by atoms with Gasteiger partial charge < -0.3 is 20.4 Å². The van der Waals surface area contributed by atoms with E-state index in [-0.39, 0.29) is 43.4 Å². The summed E-state index contributed by atoms with van der Waals surface area (Å²) in [5, 5.41) is 5.93. The third-order valence-corrected chi connectivity index (χ3v) is 4.05. The predicted molar refractivity (Wildman–Crippen MR) is 102 cm³/mol. The number of para-hydroxylation sites is 1. The lowest BCUT2D eigenvalue weighted by molar-refractivity contribution is -0.882. The van der Waals surface area contributed by atoms with Crippen LogP contribution >= 0.6 is 11.6 Å². The molecule has 1 atom stereocenters. The van der Waals surface area contributed by atoms with Crippen LogP contribution in [0.5, 0.6) is 0 Å². The minimum Gasteiger partial charge on any atom is -0.349 e. The van der Waals surface area contributed by atoms with Gasteiger partial charge in [0.15, 0.2) is 13.1 Å². The number of rotatable bonds is 9. The van der Waals surface area contributed by atoms with Gasteiger partial charge in [0.1, 0.15) is 0 Å². The van der Waals surface area contributed by atoms with E-state index in [1.165, 1.54) is 4.90 Å². The summed E-state index contributed by atoms with van der Waals surface area (Å²) in [6.45, 7) is 6.61. The number of nitrogens with one attached hydrogen (secondary N) is 3. The van der Waals surface area contributed by atoms with Crippen molar-refractivity contribution >= 4 is 35.0 Å². The molecule has 144 valence electrons. The van der Waals surface area contributed by atoms with Gasteiger partial charge in [0.05, 0.1) is 23.8 Å². The fourth-order valence-electron chi connectivity index (χ4n) is 2.32. The van der Waals surface area contributed by atoms with Gasteiger partial charge >= 0.3 is 0 Å². The molecule has 0 saturated heterocycles. The van der Waals surface area contributed by atoms with Gasteiger partial charge in [-0.05, 0) is 32.9 Å². The molecule has 3 N–H and O–H groups in total. The number of anilines is 1. The molecule has 1 unspecified atom stereocenters. The van der Waals surface area contributed by atoms with E-state index in [1.807, 2.05) is 20.8 Å². The summed E-state index contributed by atoms with van der Waals surface area (Å²) in [4.78, 5) is 38.5. The number of carbonyl (C=O) groups excluding carboxylic acids is 3. The largest absolute Gasteiger partial charge is 0.349 e. The Kier molecular flexibility index (Phi) is 9.09. The summed E-state index contributed by atoms with van der Waals surface area (Å²) in [6.07, 6.45) is 0. The average Bonchev–Trinajstić information content (AvgIpc) is 2.55. The van der Waals surface area contributed by atoms with Gasteiger partial charge in [0.2, 0.25) is 5.91 Å². The minimum atomic E-state index is -0.329. The second-order valence-electron chi connectivity index (χ2n) is 6.46. The summed E-state index contributed by atoms with van der Waals surface area (Å²) in [5.74, 6) is -0.623. The highest BCUT2D eigenvalue weighted by Crippen LogP contribution is 2.20. The van der Waals surface area contributed by atoms with E-state index in [1.54, 1.807) is 31.3 Å². The second-order valence-corrected chi connectivity index (χ2v) is 6.86. The third-order valence-electron chi connectivity index (χ3n) is 3.72. The van der Waals surface area contributed by atoms with E-state index in [2.05, 4.69) is 10.6 Å². The molecular weight excluding hydrogens is 356 g/mol. The zero-order chi connectivity index (χ0) is 19.7. The molecule has 0 aliphatic heterocycles. The Balaban J connectivity index is 2.51. The van der Waals surface area contributed by atoms with Gasteiger partial charge in [-0.3, -0.25) is 14.4 Å². The van der Waals surface area contributed by atoms with Crippen molar-refractivity contribution in [2.45, 2.75) is 26.8 Å². The van der Waals surface area contributed by atoms with Gasteiger partial charge in [0.25, 0.3) is 11.8 Å². The van der Waals surface area contributed by atoms with Gasteiger partial charge in [-0.2, -0.15) is 0 Å². The Bertz CT molecular complexity index is 637. The van der Waals surface area contributed by atoms with E-state index in [9.17, 15) is 14.4 Å². The molecule has 0 saturated carbocycles. The van der Waals surface area contributed by atoms with Crippen LogP contribution in [-0.2, 0) is 14.4 Å². The number of quaternary nitrogens is 1. The highest BCUT2D eigenvalue weighted by molar-refractivity contribution is 6.33. The molecule has 8 heteroatoms. The fraction of sp³-hybridized carbons (Fsp3) is 0.500. The number of hydrogen-bond donors (Lipinski definition) is 3. The molecule has 7 nitrogen and oxygen atoms in total. The molecule has 0 spiro atoms. The smallest absolute Gasteiger partial charge is 0.277 e. The predicted octanol–water partition coefficient (Wildman–Crippen LogP) is 0.166. The van der Waals surface area contributed by atoms with Crippen molar-refractivity contribution in [2.24, 2.45) is 0 Å². The molecule has 3 amide bonds. The average molecular weight is 384 g/mol. The first-order chi connectivity index (χ1) is 12.2. The molecule has 0 aliphatic carbocycles. The maximum absolute atomic E-state index is 12.3. The summed E-state index contributed by atoms with van der Waals surface area (Å²) in [7, 11) is 1.57. The topological polar surface area (TPSA) is 83.0 Å². The zero-order valence-electron chi connectivity index (χ0n) is 15.8. The molecule has 0 bridgehead atoms. The maximum atomic E-state index is 12.3. The Morgan fingerprint density at radius 3 is 2.38 bits per heavy atom. The molecular formula is C18H28ClN4O3+. The van der Waals surface area contributed by atoms with Crippen LogP contribution in [0.1, 0.15) is 20.8 Å². The van der Waals surface area contributed by atoms with Gasteiger partial charge in [-0.25, -0.2) is 0 Å². The van der Waals surface area contributed by atoms with Crippen LogP contribution in [0.3, 0.4) is 0 Å². The maximum Gasteiger partial charge on any atom is 0.277 e. The summed E-state index contributed by atoms with van der Waals surface area (Å²) in [5.41, 5.74) is 0.506. The van der Waals surface area contributed by atoms with E-state index < -0.39 is 0 Å². The van der Waals surface area contributed by atoms with E-state index in [0.29, 0.717) is 17.3 Å². The normalized spacial score (nSPS) is 11.8. The van der Waals surface area contributed by atoms with Crippen LogP contribution < -0.4 is 15.5 Å². The molecule has 1 aromatic carbocycles. The van der Waals surface area contributed by atoms with E-state index in [4.69, 9.17) is 11.6 Å². The summed E-state index contributed by atoms with van der Waals surface area (Å²) < 4.78 is 0. The van der Waals surface area contributed by atoms with Crippen LogP contribution in [0.4, 0.5) is 5.69 Å². The number of benzene rings is 1. The molecule has 0 heterocycles. The zero-order valence-corrected chi connectivity index (χ0v) is 16.5. The molecule has 26 heavy (non-hydrogen) atoms. The lowest BCUT2D eigenvalue weighted by Crippen LogP contribution is -3.14. The number of nitrogens with zero attached hydrogens (tertiary/aromatic N) is 1. The first-order valence-electron chi connectivity index (χ1n) is 8.64. The lowest BCUT2D eigenvalue weighted by atomic mass is 10.3. The molecule has 0 aliphatic rings.